The lowest BCUT2D eigenvalue weighted by atomic mass is 10.1. The van der Waals surface area contributed by atoms with Gasteiger partial charge in [-0.1, -0.05) is 12.1 Å². The summed E-state index contributed by atoms with van der Waals surface area (Å²) in [6.07, 6.45) is 2.89. The zero-order valence-corrected chi connectivity index (χ0v) is 14.0. The normalized spacial score (nSPS) is 20.7. The topological polar surface area (TPSA) is 91.3 Å². The summed E-state index contributed by atoms with van der Waals surface area (Å²) in [5.74, 6) is 2.13. The van der Waals surface area contributed by atoms with Crippen LogP contribution in [0.2, 0.25) is 0 Å². The van der Waals surface area contributed by atoms with E-state index in [0.29, 0.717) is 43.5 Å². The van der Waals surface area contributed by atoms with Gasteiger partial charge >= 0.3 is 0 Å². The molecule has 7 nitrogen and oxygen atoms in total. The van der Waals surface area contributed by atoms with E-state index >= 15 is 0 Å². The SMILES string of the molecule is O=C(c1ccc(-c2n[nH]c(C3CC3)n2)cc1)N1CCOCC1CCO. The molecule has 4 rings (SSSR count). The third-order valence-corrected chi connectivity index (χ3v) is 4.81. The Hall–Kier alpha value is -2.25. The number of carbonyl (C=O) groups excluding carboxylic acids is 1. The molecule has 132 valence electrons. The van der Waals surface area contributed by atoms with Crippen LogP contribution in [0.3, 0.4) is 0 Å². The highest BCUT2D eigenvalue weighted by molar-refractivity contribution is 5.95. The Kier molecular flexibility index (Phi) is 4.50. The van der Waals surface area contributed by atoms with Gasteiger partial charge in [0.25, 0.3) is 5.91 Å². The van der Waals surface area contributed by atoms with Crippen LogP contribution in [-0.4, -0.2) is 63.5 Å². The molecule has 2 aromatic rings. The molecule has 1 aromatic heterocycles. The van der Waals surface area contributed by atoms with Crippen LogP contribution in [0, 0.1) is 0 Å². The van der Waals surface area contributed by atoms with Gasteiger partial charge in [0, 0.05) is 30.2 Å². The summed E-state index contributed by atoms with van der Waals surface area (Å²) in [5.41, 5.74) is 1.53. The van der Waals surface area contributed by atoms with Crippen LogP contribution in [0.4, 0.5) is 0 Å². The Labute approximate surface area is 146 Å². The molecule has 2 heterocycles. The first-order valence-electron chi connectivity index (χ1n) is 8.78. The molecule has 7 heteroatoms. The number of carbonyl (C=O) groups is 1. The van der Waals surface area contributed by atoms with Gasteiger partial charge in [-0.25, -0.2) is 4.98 Å². The van der Waals surface area contributed by atoms with E-state index in [-0.39, 0.29) is 18.6 Å². The molecule has 1 saturated carbocycles. The lowest BCUT2D eigenvalue weighted by Gasteiger charge is -2.35. The molecule has 1 amide bonds. The zero-order valence-electron chi connectivity index (χ0n) is 14.0. The maximum absolute atomic E-state index is 12.8. The number of aliphatic hydroxyl groups excluding tert-OH is 1. The van der Waals surface area contributed by atoms with Gasteiger partial charge in [0.05, 0.1) is 19.3 Å². The molecule has 1 atom stereocenters. The molecule has 0 spiro atoms. The van der Waals surface area contributed by atoms with Crippen molar-refractivity contribution in [1.82, 2.24) is 20.1 Å². The maximum atomic E-state index is 12.8. The van der Waals surface area contributed by atoms with Crippen molar-refractivity contribution in [3.8, 4) is 11.4 Å². The highest BCUT2D eigenvalue weighted by Gasteiger charge is 2.28. The Morgan fingerprint density at radius 3 is 2.84 bits per heavy atom. The lowest BCUT2D eigenvalue weighted by Crippen LogP contribution is -2.49. The van der Waals surface area contributed by atoms with Crippen molar-refractivity contribution in [3.05, 3.63) is 35.7 Å². The molecule has 2 fully saturated rings. The fraction of sp³-hybridized carbons (Fsp3) is 0.500. The van der Waals surface area contributed by atoms with Crippen LogP contribution in [0.25, 0.3) is 11.4 Å². The van der Waals surface area contributed by atoms with Crippen molar-refractivity contribution in [2.24, 2.45) is 0 Å². The average molecular weight is 342 g/mol. The average Bonchev–Trinajstić information content (AvgIpc) is 3.39. The minimum absolute atomic E-state index is 0.0260. The van der Waals surface area contributed by atoms with Gasteiger partial charge < -0.3 is 14.7 Å². The van der Waals surface area contributed by atoms with Crippen molar-refractivity contribution in [2.75, 3.05) is 26.4 Å². The van der Waals surface area contributed by atoms with Crippen molar-refractivity contribution < 1.29 is 14.6 Å². The van der Waals surface area contributed by atoms with Crippen LogP contribution >= 0.6 is 0 Å². The van der Waals surface area contributed by atoms with E-state index in [1.54, 1.807) is 4.90 Å². The van der Waals surface area contributed by atoms with Crippen LogP contribution in [-0.2, 0) is 4.74 Å². The second kappa shape index (κ2) is 6.93. The number of H-pyrrole nitrogens is 1. The first kappa shape index (κ1) is 16.2. The van der Waals surface area contributed by atoms with Crippen LogP contribution < -0.4 is 0 Å². The summed E-state index contributed by atoms with van der Waals surface area (Å²) in [7, 11) is 0. The molecular formula is C18H22N4O3. The highest BCUT2D eigenvalue weighted by Crippen LogP contribution is 2.38. The molecule has 1 aromatic carbocycles. The molecule has 1 unspecified atom stereocenters. The Morgan fingerprint density at radius 2 is 2.12 bits per heavy atom. The zero-order chi connectivity index (χ0) is 17.2. The van der Waals surface area contributed by atoms with E-state index in [9.17, 15) is 9.90 Å². The molecule has 1 saturated heterocycles. The second-order valence-corrected chi connectivity index (χ2v) is 6.64. The van der Waals surface area contributed by atoms with E-state index in [4.69, 9.17) is 4.74 Å². The van der Waals surface area contributed by atoms with Crippen LogP contribution in [0.15, 0.2) is 24.3 Å². The van der Waals surface area contributed by atoms with Gasteiger partial charge in [0.1, 0.15) is 5.82 Å². The van der Waals surface area contributed by atoms with E-state index in [1.165, 1.54) is 12.8 Å². The van der Waals surface area contributed by atoms with Crippen molar-refractivity contribution in [2.45, 2.75) is 31.2 Å². The number of hydrogen-bond acceptors (Lipinski definition) is 5. The number of morpholine rings is 1. The summed E-state index contributed by atoms with van der Waals surface area (Å²) in [6.45, 7) is 1.61. The lowest BCUT2D eigenvalue weighted by molar-refractivity contribution is -0.00829. The predicted octanol–water partition coefficient (Wildman–Crippen LogP) is 1.57. The second-order valence-electron chi connectivity index (χ2n) is 6.64. The van der Waals surface area contributed by atoms with Gasteiger partial charge in [-0.3, -0.25) is 9.89 Å². The third kappa shape index (κ3) is 3.43. The monoisotopic (exact) mass is 342 g/mol. The number of benzene rings is 1. The Balaban J connectivity index is 1.49. The van der Waals surface area contributed by atoms with Crippen LogP contribution in [0.1, 0.15) is 41.4 Å². The first-order valence-corrected chi connectivity index (χ1v) is 8.78. The van der Waals surface area contributed by atoms with E-state index in [1.807, 2.05) is 24.3 Å². The molecular weight excluding hydrogens is 320 g/mol. The number of nitrogens with zero attached hydrogens (tertiary/aromatic N) is 3. The summed E-state index contributed by atoms with van der Waals surface area (Å²) < 4.78 is 5.43. The minimum atomic E-state index is -0.0694. The number of aliphatic hydroxyl groups is 1. The third-order valence-electron chi connectivity index (χ3n) is 4.81. The Bertz CT molecular complexity index is 737. The van der Waals surface area contributed by atoms with Gasteiger partial charge in [-0.05, 0) is 31.4 Å². The fourth-order valence-electron chi connectivity index (χ4n) is 3.18. The molecule has 0 radical (unpaired) electrons. The number of rotatable bonds is 5. The number of hydrogen-bond donors (Lipinski definition) is 2. The van der Waals surface area contributed by atoms with Crippen molar-refractivity contribution in [3.63, 3.8) is 0 Å². The molecule has 1 aliphatic carbocycles. The number of ether oxygens (including phenoxy) is 1. The standard InChI is InChI=1S/C18H22N4O3/c23-9-7-15-11-25-10-8-22(15)18(24)14-5-3-13(4-6-14)17-19-16(20-21-17)12-1-2-12/h3-6,12,15,23H,1-2,7-11H2,(H,19,20,21). The van der Waals surface area contributed by atoms with Gasteiger partial charge in [0.2, 0.25) is 0 Å². The van der Waals surface area contributed by atoms with E-state index in [0.717, 1.165) is 11.4 Å². The predicted molar refractivity (Wildman–Crippen MR) is 91.1 cm³/mol. The van der Waals surface area contributed by atoms with E-state index < -0.39 is 0 Å². The first-order chi connectivity index (χ1) is 12.3. The summed E-state index contributed by atoms with van der Waals surface area (Å²) in [5, 5.41) is 16.5. The number of amides is 1. The molecule has 0 bridgehead atoms. The summed E-state index contributed by atoms with van der Waals surface area (Å²) >= 11 is 0. The fourth-order valence-corrected chi connectivity index (χ4v) is 3.18. The largest absolute Gasteiger partial charge is 0.396 e. The minimum Gasteiger partial charge on any atom is -0.396 e. The van der Waals surface area contributed by atoms with E-state index in [2.05, 4.69) is 15.2 Å². The number of aromatic nitrogens is 3. The maximum Gasteiger partial charge on any atom is 0.254 e. The van der Waals surface area contributed by atoms with Gasteiger partial charge in [-0.2, -0.15) is 5.10 Å². The van der Waals surface area contributed by atoms with Crippen LogP contribution in [0.5, 0.6) is 0 Å². The molecule has 2 N–H and O–H groups in total. The molecule has 1 aliphatic heterocycles. The van der Waals surface area contributed by atoms with Crippen molar-refractivity contribution in [1.29, 1.82) is 0 Å². The Morgan fingerprint density at radius 1 is 1.32 bits per heavy atom. The number of nitrogens with one attached hydrogen (secondary N) is 1. The molecule has 2 aliphatic rings. The smallest absolute Gasteiger partial charge is 0.254 e. The summed E-state index contributed by atoms with van der Waals surface area (Å²) in [4.78, 5) is 19.1. The van der Waals surface area contributed by atoms with Gasteiger partial charge in [0.15, 0.2) is 5.82 Å². The van der Waals surface area contributed by atoms with Gasteiger partial charge in [-0.15, -0.1) is 0 Å². The summed E-state index contributed by atoms with van der Waals surface area (Å²) in [6, 6.07) is 7.33. The number of aromatic amines is 1. The highest BCUT2D eigenvalue weighted by atomic mass is 16.5. The quantitative estimate of drug-likeness (QED) is 0.861. The molecule has 25 heavy (non-hydrogen) atoms. The van der Waals surface area contributed by atoms with Crippen molar-refractivity contribution >= 4 is 5.91 Å².